The van der Waals surface area contributed by atoms with Crippen molar-refractivity contribution in [3.8, 4) is 5.75 Å². The lowest BCUT2D eigenvalue weighted by atomic mass is 10.1. The highest BCUT2D eigenvalue weighted by Crippen LogP contribution is 2.22. The lowest BCUT2D eigenvalue weighted by Crippen LogP contribution is -2.25. The second kappa shape index (κ2) is 5.79. The molecule has 0 aromatic heterocycles. The molecule has 0 aliphatic rings. The molecule has 104 valence electrons. The van der Waals surface area contributed by atoms with E-state index in [9.17, 15) is 14.0 Å². The maximum Gasteiger partial charge on any atom is 0.341 e. The zero-order chi connectivity index (χ0) is 14.6. The average molecular weight is 269 g/mol. The van der Waals surface area contributed by atoms with Crippen LogP contribution in [0.3, 0.4) is 0 Å². The molecule has 0 saturated carbocycles. The minimum absolute atomic E-state index is 0.294. The third kappa shape index (κ3) is 4.33. The zero-order valence-electron chi connectivity index (χ0n) is 11.0. The second-order valence-corrected chi connectivity index (χ2v) is 4.80. The molecule has 0 fully saturated rings. The number of ether oxygens (including phenoxy) is 2. The Morgan fingerprint density at radius 3 is 2.47 bits per heavy atom. The van der Waals surface area contributed by atoms with E-state index in [1.807, 2.05) is 0 Å². The standard InChI is InChI=1S/C13H16FNO4/c1-13(2,3)19-12(17)8-5-4-6-9(11(8)14)18-10(16)7-15/h4-6H,7,15H2,1-3H3. The van der Waals surface area contributed by atoms with Gasteiger partial charge in [-0.15, -0.1) is 0 Å². The van der Waals surface area contributed by atoms with Gasteiger partial charge in [-0.1, -0.05) is 6.07 Å². The van der Waals surface area contributed by atoms with Crippen LogP contribution in [0.25, 0.3) is 0 Å². The van der Waals surface area contributed by atoms with E-state index >= 15 is 0 Å². The van der Waals surface area contributed by atoms with E-state index < -0.39 is 23.4 Å². The molecular formula is C13H16FNO4. The van der Waals surface area contributed by atoms with Gasteiger partial charge in [0.15, 0.2) is 11.6 Å². The van der Waals surface area contributed by atoms with Gasteiger partial charge in [0.25, 0.3) is 0 Å². The first-order chi connectivity index (χ1) is 8.74. The predicted octanol–water partition coefficient (Wildman–Crippen LogP) is 1.65. The predicted molar refractivity (Wildman–Crippen MR) is 66.3 cm³/mol. The SMILES string of the molecule is CC(C)(C)OC(=O)c1cccc(OC(=O)CN)c1F. The maximum atomic E-state index is 14.0. The van der Waals surface area contributed by atoms with Gasteiger partial charge in [-0.05, 0) is 32.9 Å². The normalized spacial score (nSPS) is 11.0. The first-order valence-electron chi connectivity index (χ1n) is 5.67. The molecule has 0 bridgehead atoms. The molecule has 0 atom stereocenters. The third-order valence-electron chi connectivity index (χ3n) is 1.97. The summed E-state index contributed by atoms with van der Waals surface area (Å²) in [5, 5.41) is 0. The topological polar surface area (TPSA) is 78.6 Å². The highest BCUT2D eigenvalue weighted by molar-refractivity contribution is 5.90. The largest absolute Gasteiger partial charge is 0.456 e. The van der Waals surface area contributed by atoms with Crippen molar-refractivity contribution in [1.29, 1.82) is 0 Å². The summed E-state index contributed by atoms with van der Waals surface area (Å²) in [5.41, 5.74) is 4.03. The van der Waals surface area contributed by atoms with Crippen molar-refractivity contribution in [1.82, 2.24) is 0 Å². The van der Waals surface area contributed by atoms with Crippen LogP contribution in [0.2, 0.25) is 0 Å². The molecule has 19 heavy (non-hydrogen) atoms. The van der Waals surface area contributed by atoms with Crippen molar-refractivity contribution in [2.75, 3.05) is 6.54 Å². The van der Waals surface area contributed by atoms with E-state index in [2.05, 4.69) is 4.74 Å². The first-order valence-corrected chi connectivity index (χ1v) is 5.67. The summed E-state index contributed by atoms with van der Waals surface area (Å²) in [6, 6.07) is 3.88. The van der Waals surface area contributed by atoms with E-state index in [1.165, 1.54) is 18.2 Å². The molecule has 0 spiro atoms. The molecule has 0 saturated heterocycles. The van der Waals surface area contributed by atoms with Crippen LogP contribution < -0.4 is 10.5 Å². The van der Waals surface area contributed by atoms with Crippen LogP contribution in [0.15, 0.2) is 18.2 Å². The van der Waals surface area contributed by atoms with E-state index in [0.717, 1.165) is 0 Å². The van der Waals surface area contributed by atoms with Gasteiger partial charge in [-0.25, -0.2) is 9.18 Å². The Hall–Kier alpha value is -1.95. The number of carbonyl (C=O) groups excluding carboxylic acids is 2. The summed E-state index contributed by atoms with van der Waals surface area (Å²) in [6.45, 7) is 4.62. The number of hydrogen-bond acceptors (Lipinski definition) is 5. The highest BCUT2D eigenvalue weighted by Gasteiger charge is 2.23. The molecule has 5 nitrogen and oxygen atoms in total. The van der Waals surface area contributed by atoms with Gasteiger partial charge in [-0.3, -0.25) is 4.79 Å². The molecule has 0 aliphatic carbocycles. The molecule has 1 aromatic carbocycles. The third-order valence-corrected chi connectivity index (χ3v) is 1.97. The van der Waals surface area contributed by atoms with Gasteiger partial charge in [0.2, 0.25) is 0 Å². The Labute approximate surface area is 110 Å². The second-order valence-electron chi connectivity index (χ2n) is 4.80. The lowest BCUT2D eigenvalue weighted by Gasteiger charge is -2.19. The number of rotatable bonds is 3. The van der Waals surface area contributed by atoms with Crippen LogP contribution in [0.1, 0.15) is 31.1 Å². The van der Waals surface area contributed by atoms with Gasteiger partial charge >= 0.3 is 11.9 Å². The smallest absolute Gasteiger partial charge is 0.341 e. The fraction of sp³-hybridized carbons (Fsp3) is 0.385. The van der Waals surface area contributed by atoms with E-state index in [1.54, 1.807) is 20.8 Å². The molecular weight excluding hydrogens is 253 g/mol. The van der Waals surface area contributed by atoms with Gasteiger partial charge < -0.3 is 15.2 Å². The lowest BCUT2D eigenvalue weighted by molar-refractivity contribution is -0.133. The summed E-state index contributed by atoms with van der Waals surface area (Å²) in [7, 11) is 0. The number of halogens is 1. The van der Waals surface area contributed by atoms with Gasteiger partial charge in [0.1, 0.15) is 5.60 Å². The Morgan fingerprint density at radius 1 is 1.32 bits per heavy atom. The Bertz CT molecular complexity index is 494. The summed E-state index contributed by atoms with van der Waals surface area (Å²) >= 11 is 0. The van der Waals surface area contributed by atoms with Crippen LogP contribution in [0.4, 0.5) is 4.39 Å². The van der Waals surface area contributed by atoms with E-state index in [0.29, 0.717) is 0 Å². The Morgan fingerprint density at radius 2 is 1.95 bits per heavy atom. The Kier molecular flexibility index (Phi) is 4.61. The van der Waals surface area contributed by atoms with Gasteiger partial charge in [-0.2, -0.15) is 0 Å². The quantitative estimate of drug-likeness (QED) is 0.666. The van der Waals surface area contributed by atoms with Gasteiger partial charge in [0.05, 0.1) is 12.1 Å². The molecule has 0 aliphatic heterocycles. The number of nitrogens with two attached hydrogens (primary N) is 1. The fourth-order valence-corrected chi connectivity index (χ4v) is 1.24. The molecule has 0 heterocycles. The molecule has 1 aromatic rings. The van der Waals surface area contributed by atoms with Crippen molar-refractivity contribution in [2.45, 2.75) is 26.4 Å². The monoisotopic (exact) mass is 269 g/mol. The van der Waals surface area contributed by atoms with Crippen LogP contribution in [0, 0.1) is 5.82 Å². The summed E-state index contributed by atoms with van der Waals surface area (Å²) in [5.74, 6) is -2.91. The van der Waals surface area contributed by atoms with Crippen LogP contribution in [-0.2, 0) is 9.53 Å². The molecule has 0 radical (unpaired) electrons. The number of benzene rings is 1. The van der Waals surface area contributed by atoms with Crippen molar-refractivity contribution < 1.29 is 23.5 Å². The fourth-order valence-electron chi connectivity index (χ4n) is 1.24. The molecule has 2 N–H and O–H groups in total. The maximum absolute atomic E-state index is 14.0. The number of hydrogen-bond donors (Lipinski definition) is 1. The summed E-state index contributed by atoms with van der Waals surface area (Å²) in [4.78, 5) is 22.8. The van der Waals surface area contributed by atoms with Crippen molar-refractivity contribution >= 4 is 11.9 Å². The minimum atomic E-state index is -0.946. The zero-order valence-corrected chi connectivity index (χ0v) is 11.0. The molecule has 0 unspecified atom stereocenters. The Balaban J connectivity index is 3.00. The van der Waals surface area contributed by atoms with Crippen molar-refractivity contribution in [3.05, 3.63) is 29.6 Å². The summed E-state index contributed by atoms with van der Waals surface area (Å²) in [6.07, 6.45) is 0. The van der Waals surface area contributed by atoms with Crippen LogP contribution >= 0.6 is 0 Å². The molecule has 0 amide bonds. The number of carbonyl (C=O) groups is 2. The van der Waals surface area contributed by atoms with E-state index in [4.69, 9.17) is 10.5 Å². The molecule has 1 rings (SSSR count). The minimum Gasteiger partial charge on any atom is -0.456 e. The number of esters is 2. The summed E-state index contributed by atoms with van der Waals surface area (Å²) < 4.78 is 23.7. The van der Waals surface area contributed by atoms with Crippen molar-refractivity contribution in [3.63, 3.8) is 0 Å². The van der Waals surface area contributed by atoms with Gasteiger partial charge in [0, 0.05) is 0 Å². The molecule has 6 heteroatoms. The average Bonchev–Trinajstić information content (AvgIpc) is 2.29. The van der Waals surface area contributed by atoms with E-state index in [-0.39, 0.29) is 17.9 Å². The van der Waals surface area contributed by atoms with Crippen LogP contribution in [-0.4, -0.2) is 24.1 Å². The first kappa shape index (κ1) is 15.1. The highest BCUT2D eigenvalue weighted by atomic mass is 19.1. The van der Waals surface area contributed by atoms with Crippen molar-refractivity contribution in [2.24, 2.45) is 5.73 Å². The van der Waals surface area contributed by atoms with Crippen LogP contribution in [0.5, 0.6) is 5.75 Å².